The van der Waals surface area contributed by atoms with Crippen molar-refractivity contribution in [1.82, 2.24) is 15.3 Å². The number of carboxylic acids is 1. The Bertz CT molecular complexity index is 404. The van der Waals surface area contributed by atoms with Gasteiger partial charge in [-0.3, -0.25) is 4.79 Å². The van der Waals surface area contributed by atoms with E-state index in [9.17, 15) is 9.59 Å². The lowest BCUT2D eigenvalue weighted by Gasteiger charge is -2.11. The monoisotopic (exact) mass is 239 g/mol. The van der Waals surface area contributed by atoms with Crippen LogP contribution in [0, 0.1) is 0 Å². The summed E-state index contributed by atoms with van der Waals surface area (Å²) in [4.78, 5) is 28.6. The lowest BCUT2D eigenvalue weighted by molar-refractivity contribution is -0.149. The number of carboxylic acid groups (broad SMARTS) is 1. The van der Waals surface area contributed by atoms with Crippen LogP contribution in [0.25, 0.3) is 0 Å². The predicted octanol–water partition coefficient (Wildman–Crippen LogP) is -0.228. The van der Waals surface area contributed by atoms with Gasteiger partial charge in [0, 0.05) is 6.54 Å². The van der Waals surface area contributed by atoms with Gasteiger partial charge in [-0.15, -0.1) is 0 Å². The molecule has 0 saturated carbocycles. The van der Waals surface area contributed by atoms with E-state index >= 15 is 0 Å². The highest BCUT2D eigenvalue weighted by atomic mass is 16.5. The van der Waals surface area contributed by atoms with Gasteiger partial charge in [0.15, 0.2) is 6.10 Å². The lowest BCUT2D eigenvalue weighted by Crippen LogP contribution is -2.33. The third-order valence-electron chi connectivity index (χ3n) is 2.62. The van der Waals surface area contributed by atoms with Crippen LogP contribution in [0.15, 0.2) is 12.5 Å². The maximum Gasteiger partial charge on any atom is 0.332 e. The van der Waals surface area contributed by atoms with E-state index in [1.807, 2.05) is 0 Å². The zero-order valence-corrected chi connectivity index (χ0v) is 9.05. The molecule has 0 aliphatic carbocycles. The minimum absolute atomic E-state index is 0.233. The number of aliphatic carboxylic acids is 1. The molecular formula is C10H13N3O4. The molecule has 2 unspecified atom stereocenters. The van der Waals surface area contributed by atoms with Crippen LogP contribution in [0.2, 0.25) is 0 Å². The maximum atomic E-state index is 11.5. The van der Waals surface area contributed by atoms with Crippen LogP contribution in [0.4, 0.5) is 0 Å². The van der Waals surface area contributed by atoms with E-state index in [0.29, 0.717) is 25.1 Å². The molecule has 1 saturated heterocycles. The summed E-state index contributed by atoms with van der Waals surface area (Å²) in [6, 6.07) is 0. The molecule has 2 heterocycles. The molecule has 7 heteroatoms. The van der Waals surface area contributed by atoms with Gasteiger partial charge in [0.25, 0.3) is 5.91 Å². The summed E-state index contributed by atoms with van der Waals surface area (Å²) in [7, 11) is 0. The molecule has 92 valence electrons. The summed E-state index contributed by atoms with van der Waals surface area (Å²) in [5, 5.41) is 11.4. The largest absolute Gasteiger partial charge is 0.479 e. The van der Waals surface area contributed by atoms with Gasteiger partial charge >= 0.3 is 5.97 Å². The first kappa shape index (κ1) is 11.6. The van der Waals surface area contributed by atoms with Crippen LogP contribution < -0.4 is 5.32 Å². The quantitative estimate of drug-likeness (QED) is 0.673. The fourth-order valence-electron chi connectivity index (χ4n) is 1.72. The summed E-state index contributed by atoms with van der Waals surface area (Å²) in [5.41, 5.74) is 0.373. The smallest absolute Gasteiger partial charge is 0.332 e. The van der Waals surface area contributed by atoms with E-state index in [1.54, 1.807) is 0 Å². The summed E-state index contributed by atoms with van der Waals surface area (Å²) in [6.07, 6.45) is 2.99. The molecule has 17 heavy (non-hydrogen) atoms. The second-order valence-electron chi connectivity index (χ2n) is 3.84. The molecule has 1 fully saturated rings. The van der Waals surface area contributed by atoms with Gasteiger partial charge < -0.3 is 20.1 Å². The first-order chi connectivity index (χ1) is 8.16. The van der Waals surface area contributed by atoms with Crippen molar-refractivity contribution in [2.75, 3.05) is 6.54 Å². The third-order valence-corrected chi connectivity index (χ3v) is 2.62. The SMILES string of the molecule is O=C(NCC1CCC(C(=O)O)O1)c1cnc[nH]1. The Kier molecular flexibility index (Phi) is 3.38. The number of H-pyrrole nitrogens is 1. The number of hydrogen-bond donors (Lipinski definition) is 3. The normalized spacial score (nSPS) is 23.5. The molecule has 1 aromatic heterocycles. The number of nitrogens with one attached hydrogen (secondary N) is 2. The highest BCUT2D eigenvalue weighted by Gasteiger charge is 2.30. The second-order valence-corrected chi connectivity index (χ2v) is 3.84. The van der Waals surface area contributed by atoms with E-state index in [2.05, 4.69) is 15.3 Å². The van der Waals surface area contributed by atoms with Gasteiger partial charge in [0.05, 0.1) is 18.6 Å². The number of aromatic amines is 1. The van der Waals surface area contributed by atoms with E-state index < -0.39 is 12.1 Å². The standard InChI is InChI=1S/C10H13N3O4/c14-9(7-4-11-5-13-7)12-3-6-1-2-8(17-6)10(15)16/h4-6,8H,1-3H2,(H,11,13)(H,12,14)(H,15,16). The van der Waals surface area contributed by atoms with Gasteiger partial charge in [0.2, 0.25) is 0 Å². The Morgan fingerprint density at radius 1 is 1.59 bits per heavy atom. The summed E-state index contributed by atoms with van der Waals surface area (Å²) in [5.74, 6) is -1.22. The summed E-state index contributed by atoms with van der Waals surface area (Å²) in [6.45, 7) is 0.307. The van der Waals surface area contributed by atoms with Crippen molar-refractivity contribution in [2.24, 2.45) is 0 Å². The molecule has 2 rings (SSSR count). The van der Waals surface area contributed by atoms with Crippen molar-refractivity contribution in [2.45, 2.75) is 25.0 Å². The highest BCUT2D eigenvalue weighted by Crippen LogP contribution is 2.19. The fourth-order valence-corrected chi connectivity index (χ4v) is 1.72. The first-order valence-corrected chi connectivity index (χ1v) is 5.31. The minimum atomic E-state index is -0.951. The van der Waals surface area contributed by atoms with Crippen molar-refractivity contribution in [3.05, 3.63) is 18.2 Å². The van der Waals surface area contributed by atoms with Gasteiger partial charge in [-0.2, -0.15) is 0 Å². The maximum absolute atomic E-state index is 11.5. The Labute approximate surface area is 97.2 Å². The zero-order chi connectivity index (χ0) is 12.3. The Morgan fingerprint density at radius 2 is 2.41 bits per heavy atom. The molecule has 0 aromatic carbocycles. The average Bonchev–Trinajstić information content (AvgIpc) is 2.97. The molecular weight excluding hydrogens is 226 g/mol. The number of rotatable bonds is 4. The van der Waals surface area contributed by atoms with E-state index in [0.717, 1.165) is 0 Å². The van der Waals surface area contributed by atoms with Gasteiger partial charge in [-0.1, -0.05) is 0 Å². The van der Waals surface area contributed by atoms with Crippen molar-refractivity contribution in [1.29, 1.82) is 0 Å². The van der Waals surface area contributed by atoms with Gasteiger partial charge in [0.1, 0.15) is 5.69 Å². The molecule has 1 aromatic rings. The molecule has 0 spiro atoms. The van der Waals surface area contributed by atoms with Crippen LogP contribution in [0.5, 0.6) is 0 Å². The molecule has 1 amide bonds. The number of carbonyl (C=O) groups excluding carboxylic acids is 1. The molecule has 1 aliphatic rings. The number of amides is 1. The lowest BCUT2D eigenvalue weighted by atomic mass is 10.2. The number of imidazole rings is 1. The van der Waals surface area contributed by atoms with Crippen LogP contribution in [-0.2, 0) is 9.53 Å². The van der Waals surface area contributed by atoms with Gasteiger partial charge in [-0.25, -0.2) is 9.78 Å². The fraction of sp³-hybridized carbons (Fsp3) is 0.500. The topological polar surface area (TPSA) is 104 Å². The molecule has 3 N–H and O–H groups in total. The Balaban J connectivity index is 1.76. The van der Waals surface area contributed by atoms with Crippen LogP contribution in [0.3, 0.4) is 0 Å². The Morgan fingerprint density at radius 3 is 3.00 bits per heavy atom. The van der Waals surface area contributed by atoms with Crippen LogP contribution in [-0.4, -0.2) is 45.7 Å². The van der Waals surface area contributed by atoms with Gasteiger partial charge in [-0.05, 0) is 12.8 Å². The number of aromatic nitrogens is 2. The number of ether oxygens (including phenoxy) is 1. The van der Waals surface area contributed by atoms with E-state index in [-0.39, 0.29) is 12.0 Å². The number of hydrogen-bond acceptors (Lipinski definition) is 4. The van der Waals surface area contributed by atoms with Crippen molar-refractivity contribution in [3.8, 4) is 0 Å². The minimum Gasteiger partial charge on any atom is -0.479 e. The van der Waals surface area contributed by atoms with E-state index in [1.165, 1.54) is 12.5 Å². The van der Waals surface area contributed by atoms with E-state index in [4.69, 9.17) is 9.84 Å². The molecule has 7 nitrogen and oxygen atoms in total. The van der Waals surface area contributed by atoms with Crippen molar-refractivity contribution in [3.63, 3.8) is 0 Å². The zero-order valence-electron chi connectivity index (χ0n) is 9.05. The van der Waals surface area contributed by atoms with Crippen molar-refractivity contribution >= 4 is 11.9 Å². The van der Waals surface area contributed by atoms with Crippen LogP contribution >= 0.6 is 0 Å². The molecule has 2 atom stereocenters. The molecule has 0 radical (unpaired) electrons. The average molecular weight is 239 g/mol. The number of nitrogens with zero attached hydrogens (tertiary/aromatic N) is 1. The first-order valence-electron chi connectivity index (χ1n) is 5.31. The third kappa shape index (κ3) is 2.82. The highest BCUT2D eigenvalue weighted by molar-refractivity contribution is 5.91. The predicted molar refractivity (Wildman–Crippen MR) is 56.5 cm³/mol. The second kappa shape index (κ2) is 4.96. The van der Waals surface area contributed by atoms with Crippen molar-refractivity contribution < 1.29 is 19.4 Å². The summed E-state index contributed by atoms with van der Waals surface area (Å²) >= 11 is 0. The van der Waals surface area contributed by atoms with Crippen LogP contribution in [0.1, 0.15) is 23.3 Å². The molecule has 0 bridgehead atoms. The molecule has 1 aliphatic heterocycles. The summed E-state index contributed by atoms with van der Waals surface area (Å²) < 4.78 is 5.25. The number of carbonyl (C=O) groups is 2. The Hall–Kier alpha value is -1.89.